The van der Waals surface area contributed by atoms with E-state index >= 15 is 0 Å². The van der Waals surface area contributed by atoms with E-state index in [1.165, 1.54) is 6.33 Å². The lowest BCUT2D eigenvalue weighted by Gasteiger charge is -2.09. The predicted octanol–water partition coefficient (Wildman–Crippen LogP) is 3.68. The summed E-state index contributed by atoms with van der Waals surface area (Å²) < 4.78 is 9.36. The molecule has 1 aliphatic heterocycles. The maximum Gasteiger partial charge on any atom is 0.331 e. The number of carbonyl (C=O) groups is 1. The smallest absolute Gasteiger partial charge is 0.331 e. The Labute approximate surface area is 172 Å². The standard InChI is InChI=1S/C21H21N7O2/c1-13(2)28-8-6-19(26-28)25-21(29)27-7-5-14-9-15(3-4-18(14)27)30-20-16-10-22-11-17(16)23-12-24-20/h3-9,12-13,22H,10-11H2,1-2H3,(H,25,26,29). The van der Waals surface area contributed by atoms with Crippen molar-refractivity contribution in [2.24, 2.45) is 0 Å². The van der Waals surface area contributed by atoms with Crippen molar-refractivity contribution in [3.8, 4) is 11.6 Å². The molecule has 3 aromatic heterocycles. The molecule has 9 heteroatoms. The number of amides is 1. The van der Waals surface area contributed by atoms with Crippen molar-refractivity contribution < 1.29 is 9.53 Å². The zero-order valence-electron chi connectivity index (χ0n) is 16.7. The number of nitrogens with zero attached hydrogens (tertiary/aromatic N) is 5. The Bertz CT molecular complexity index is 1240. The summed E-state index contributed by atoms with van der Waals surface area (Å²) in [6.45, 7) is 5.48. The molecule has 1 amide bonds. The van der Waals surface area contributed by atoms with Crippen molar-refractivity contribution in [1.29, 1.82) is 0 Å². The Morgan fingerprint density at radius 2 is 2.07 bits per heavy atom. The average Bonchev–Trinajstić information content (AvgIpc) is 3.47. The van der Waals surface area contributed by atoms with Crippen LogP contribution in [0, 0.1) is 0 Å². The monoisotopic (exact) mass is 403 g/mol. The number of carbonyl (C=O) groups excluding carboxylic acids is 1. The maximum atomic E-state index is 12.7. The first kappa shape index (κ1) is 18.3. The van der Waals surface area contributed by atoms with E-state index in [0.717, 1.165) is 28.7 Å². The summed E-state index contributed by atoms with van der Waals surface area (Å²) in [6.07, 6.45) is 5.09. The number of fused-ring (bicyclic) bond motifs is 2. The molecule has 4 heterocycles. The predicted molar refractivity (Wildman–Crippen MR) is 112 cm³/mol. The van der Waals surface area contributed by atoms with Crippen LogP contribution in [-0.2, 0) is 13.1 Å². The third-order valence-corrected chi connectivity index (χ3v) is 5.06. The van der Waals surface area contributed by atoms with E-state index in [1.54, 1.807) is 21.5 Å². The van der Waals surface area contributed by atoms with Gasteiger partial charge in [0.25, 0.3) is 0 Å². The van der Waals surface area contributed by atoms with Gasteiger partial charge in [-0.05, 0) is 38.1 Å². The van der Waals surface area contributed by atoms with Gasteiger partial charge in [0, 0.05) is 43.0 Å². The van der Waals surface area contributed by atoms with Crippen LogP contribution in [0.15, 0.2) is 49.1 Å². The first-order chi connectivity index (χ1) is 14.6. The van der Waals surface area contributed by atoms with Gasteiger partial charge in [-0.15, -0.1) is 0 Å². The molecule has 0 saturated carbocycles. The van der Waals surface area contributed by atoms with Crippen LogP contribution in [0.1, 0.15) is 31.1 Å². The fourth-order valence-corrected chi connectivity index (χ4v) is 3.49. The second-order valence-corrected chi connectivity index (χ2v) is 7.42. The molecule has 0 bridgehead atoms. The van der Waals surface area contributed by atoms with Crippen LogP contribution < -0.4 is 15.4 Å². The van der Waals surface area contributed by atoms with Gasteiger partial charge >= 0.3 is 6.03 Å². The van der Waals surface area contributed by atoms with E-state index in [1.807, 2.05) is 44.3 Å². The van der Waals surface area contributed by atoms with Crippen molar-refractivity contribution in [3.05, 3.63) is 60.3 Å². The Hall–Kier alpha value is -3.72. The number of ether oxygens (including phenoxy) is 1. The van der Waals surface area contributed by atoms with Gasteiger partial charge in [0.15, 0.2) is 5.82 Å². The van der Waals surface area contributed by atoms with Crippen molar-refractivity contribution in [2.75, 3.05) is 5.32 Å². The zero-order chi connectivity index (χ0) is 20.7. The van der Waals surface area contributed by atoms with Crippen LogP contribution in [0.2, 0.25) is 0 Å². The van der Waals surface area contributed by atoms with E-state index in [0.29, 0.717) is 24.0 Å². The number of rotatable bonds is 4. The minimum absolute atomic E-state index is 0.230. The highest BCUT2D eigenvalue weighted by Crippen LogP contribution is 2.29. The molecule has 0 radical (unpaired) electrons. The largest absolute Gasteiger partial charge is 0.439 e. The highest BCUT2D eigenvalue weighted by Gasteiger charge is 2.18. The molecule has 0 unspecified atom stereocenters. The number of hydrogen-bond donors (Lipinski definition) is 2. The Balaban J connectivity index is 1.37. The summed E-state index contributed by atoms with van der Waals surface area (Å²) in [5, 5.41) is 11.3. The van der Waals surface area contributed by atoms with E-state index in [9.17, 15) is 4.79 Å². The molecule has 0 atom stereocenters. The van der Waals surface area contributed by atoms with Crippen LogP contribution in [0.4, 0.5) is 10.6 Å². The van der Waals surface area contributed by atoms with Gasteiger partial charge < -0.3 is 10.1 Å². The Kier molecular flexibility index (Phi) is 4.44. The summed E-state index contributed by atoms with van der Waals surface area (Å²) in [6, 6.07) is 9.20. The molecule has 30 heavy (non-hydrogen) atoms. The number of anilines is 1. The molecule has 4 aromatic rings. The molecular weight excluding hydrogens is 382 g/mol. The van der Waals surface area contributed by atoms with E-state index in [-0.39, 0.29) is 12.1 Å². The first-order valence-electron chi connectivity index (χ1n) is 9.77. The molecule has 2 N–H and O–H groups in total. The van der Waals surface area contributed by atoms with Crippen LogP contribution >= 0.6 is 0 Å². The molecule has 9 nitrogen and oxygen atoms in total. The van der Waals surface area contributed by atoms with Crippen LogP contribution in [0.3, 0.4) is 0 Å². The van der Waals surface area contributed by atoms with Gasteiger partial charge in [-0.25, -0.2) is 14.8 Å². The molecule has 1 aromatic carbocycles. The van der Waals surface area contributed by atoms with Crippen LogP contribution in [0.5, 0.6) is 11.6 Å². The molecule has 0 saturated heterocycles. The summed E-state index contributed by atoms with van der Waals surface area (Å²) in [5.74, 6) is 1.73. The second kappa shape index (κ2) is 7.27. The quantitative estimate of drug-likeness (QED) is 0.539. The van der Waals surface area contributed by atoms with E-state index < -0.39 is 0 Å². The van der Waals surface area contributed by atoms with Crippen molar-refractivity contribution in [3.63, 3.8) is 0 Å². The van der Waals surface area contributed by atoms with Gasteiger partial charge in [0.05, 0.1) is 16.8 Å². The normalized spacial score (nSPS) is 13.0. The molecule has 0 spiro atoms. The lowest BCUT2D eigenvalue weighted by Crippen LogP contribution is -2.19. The van der Waals surface area contributed by atoms with Crippen molar-refractivity contribution >= 4 is 22.8 Å². The van der Waals surface area contributed by atoms with E-state index in [2.05, 4.69) is 25.7 Å². The molecule has 152 valence electrons. The molecular formula is C21H21N7O2. The SMILES string of the molecule is CC(C)n1ccc(NC(=O)n2ccc3cc(Oc4ncnc5c4CNC5)ccc32)n1. The number of hydrogen-bond acceptors (Lipinski definition) is 6. The number of aromatic nitrogens is 5. The third kappa shape index (κ3) is 3.29. The summed E-state index contributed by atoms with van der Waals surface area (Å²) in [4.78, 5) is 21.3. The fraction of sp³-hybridized carbons (Fsp3) is 0.238. The average molecular weight is 403 g/mol. The van der Waals surface area contributed by atoms with Gasteiger partial charge in [0.1, 0.15) is 12.1 Å². The number of benzene rings is 1. The zero-order valence-corrected chi connectivity index (χ0v) is 16.7. The van der Waals surface area contributed by atoms with E-state index in [4.69, 9.17) is 4.74 Å². The topological polar surface area (TPSA) is 98.9 Å². The van der Waals surface area contributed by atoms with Gasteiger partial charge in [-0.3, -0.25) is 14.6 Å². The van der Waals surface area contributed by atoms with Crippen molar-refractivity contribution in [1.82, 2.24) is 29.6 Å². The first-order valence-corrected chi connectivity index (χ1v) is 9.77. The van der Waals surface area contributed by atoms with Gasteiger partial charge in [0.2, 0.25) is 5.88 Å². The Morgan fingerprint density at radius 1 is 1.17 bits per heavy atom. The lowest BCUT2D eigenvalue weighted by atomic mass is 10.2. The van der Waals surface area contributed by atoms with Crippen LogP contribution in [-0.4, -0.2) is 30.3 Å². The Morgan fingerprint density at radius 3 is 2.90 bits per heavy atom. The minimum atomic E-state index is -0.271. The molecule has 0 fully saturated rings. The highest BCUT2D eigenvalue weighted by atomic mass is 16.5. The number of nitrogens with one attached hydrogen (secondary N) is 2. The minimum Gasteiger partial charge on any atom is -0.439 e. The van der Waals surface area contributed by atoms with Gasteiger partial charge in [-0.2, -0.15) is 5.10 Å². The molecule has 1 aliphatic rings. The molecule has 0 aliphatic carbocycles. The lowest BCUT2D eigenvalue weighted by molar-refractivity contribution is 0.254. The molecule has 5 rings (SSSR count). The summed E-state index contributed by atoms with van der Waals surface area (Å²) in [5.41, 5.74) is 2.72. The van der Waals surface area contributed by atoms with Crippen LogP contribution in [0.25, 0.3) is 10.9 Å². The summed E-state index contributed by atoms with van der Waals surface area (Å²) in [7, 11) is 0. The van der Waals surface area contributed by atoms with Crippen molar-refractivity contribution in [2.45, 2.75) is 33.0 Å². The van der Waals surface area contributed by atoms with Gasteiger partial charge in [-0.1, -0.05) is 0 Å². The highest BCUT2D eigenvalue weighted by molar-refractivity contribution is 5.98. The summed E-state index contributed by atoms with van der Waals surface area (Å²) >= 11 is 0. The fourth-order valence-electron chi connectivity index (χ4n) is 3.49. The maximum absolute atomic E-state index is 12.7. The second-order valence-electron chi connectivity index (χ2n) is 7.42. The third-order valence-electron chi connectivity index (χ3n) is 5.06.